The standard InChI is InChI=1S/C12H10BrF2NS/c1-16-12(11-4-8(13)6-17-11)7-2-9(14)5-10(15)3-7/h2-6,12,16H,1H3. The van der Waals surface area contributed by atoms with Gasteiger partial charge in [-0.05, 0) is 46.7 Å². The highest BCUT2D eigenvalue weighted by atomic mass is 79.9. The van der Waals surface area contributed by atoms with Crippen LogP contribution >= 0.6 is 27.3 Å². The van der Waals surface area contributed by atoms with Crippen molar-refractivity contribution >= 4 is 27.3 Å². The Morgan fingerprint density at radius 2 is 1.82 bits per heavy atom. The van der Waals surface area contributed by atoms with Gasteiger partial charge in [-0.3, -0.25) is 0 Å². The van der Waals surface area contributed by atoms with Crippen LogP contribution in [-0.4, -0.2) is 7.05 Å². The first-order valence-electron chi connectivity index (χ1n) is 4.97. The summed E-state index contributed by atoms with van der Waals surface area (Å²) in [7, 11) is 1.76. The third kappa shape index (κ3) is 2.91. The summed E-state index contributed by atoms with van der Waals surface area (Å²) >= 11 is 4.90. The van der Waals surface area contributed by atoms with Crippen molar-refractivity contribution in [3.8, 4) is 0 Å². The summed E-state index contributed by atoms with van der Waals surface area (Å²) in [6.45, 7) is 0. The van der Waals surface area contributed by atoms with E-state index < -0.39 is 11.6 Å². The van der Waals surface area contributed by atoms with E-state index in [0.717, 1.165) is 15.4 Å². The number of hydrogen-bond donors (Lipinski definition) is 1. The highest BCUT2D eigenvalue weighted by molar-refractivity contribution is 9.10. The molecule has 0 amide bonds. The van der Waals surface area contributed by atoms with Gasteiger partial charge in [0.15, 0.2) is 0 Å². The van der Waals surface area contributed by atoms with Crippen molar-refractivity contribution in [1.82, 2.24) is 5.32 Å². The van der Waals surface area contributed by atoms with Crippen LogP contribution in [0.1, 0.15) is 16.5 Å². The fourth-order valence-corrected chi connectivity index (χ4v) is 3.27. The summed E-state index contributed by atoms with van der Waals surface area (Å²) in [5.41, 5.74) is 0.583. The van der Waals surface area contributed by atoms with Crippen LogP contribution in [0, 0.1) is 11.6 Å². The smallest absolute Gasteiger partial charge is 0.126 e. The van der Waals surface area contributed by atoms with Gasteiger partial charge >= 0.3 is 0 Å². The molecule has 0 bridgehead atoms. The summed E-state index contributed by atoms with van der Waals surface area (Å²) in [6.07, 6.45) is 0. The van der Waals surface area contributed by atoms with Crippen molar-refractivity contribution < 1.29 is 8.78 Å². The molecular formula is C12H10BrF2NS. The van der Waals surface area contributed by atoms with Gasteiger partial charge in [-0.1, -0.05) is 0 Å². The maximum atomic E-state index is 13.2. The normalized spacial score (nSPS) is 12.7. The van der Waals surface area contributed by atoms with Gasteiger partial charge in [0.1, 0.15) is 11.6 Å². The van der Waals surface area contributed by atoms with Crippen molar-refractivity contribution in [2.45, 2.75) is 6.04 Å². The van der Waals surface area contributed by atoms with Crippen LogP contribution in [0.3, 0.4) is 0 Å². The quantitative estimate of drug-likeness (QED) is 0.898. The fourth-order valence-electron chi connectivity index (χ4n) is 1.69. The Bertz CT molecular complexity index is 507. The molecule has 0 aliphatic carbocycles. The monoisotopic (exact) mass is 317 g/mol. The number of hydrogen-bond acceptors (Lipinski definition) is 2. The third-order valence-corrected chi connectivity index (χ3v) is 4.14. The van der Waals surface area contributed by atoms with E-state index in [4.69, 9.17) is 0 Å². The summed E-state index contributed by atoms with van der Waals surface area (Å²) in [5, 5.41) is 5.00. The van der Waals surface area contributed by atoms with Crippen LogP contribution in [0.25, 0.3) is 0 Å². The van der Waals surface area contributed by atoms with Crippen LogP contribution in [0.15, 0.2) is 34.1 Å². The van der Waals surface area contributed by atoms with Crippen LogP contribution in [0.5, 0.6) is 0 Å². The van der Waals surface area contributed by atoms with Gasteiger partial charge in [0.2, 0.25) is 0 Å². The Labute approximate surface area is 111 Å². The average Bonchev–Trinajstić information content (AvgIpc) is 2.64. The van der Waals surface area contributed by atoms with E-state index >= 15 is 0 Å². The van der Waals surface area contributed by atoms with Gasteiger partial charge in [0.25, 0.3) is 0 Å². The maximum Gasteiger partial charge on any atom is 0.126 e. The van der Waals surface area contributed by atoms with E-state index in [0.29, 0.717) is 5.56 Å². The predicted octanol–water partition coefficient (Wildman–Crippen LogP) is 4.10. The molecule has 1 heterocycles. The lowest BCUT2D eigenvalue weighted by atomic mass is 10.1. The van der Waals surface area contributed by atoms with E-state index in [1.54, 1.807) is 7.05 Å². The second-order valence-electron chi connectivity index (χ2n) is 3.59. The second kappa shape index (κ2) is 5.25. The first kappa shape index (κ1) is 12.7. The first-order chi connectivity index (χ1) is 8.10. The summed E-state index contributed by atoms with van der Waals surface area (Å²) in [4.78, 5) is 1.00. The molecule has 0 aliphatic heterocycles. The van der Waals surface area contributed by atoms with Crippen molar-refractivity contribution in [3.63, 3.8) is 0 Å². The zero-order valence-corrected chi connectivity index (χ0v) is 11.4. The van der Waals surface area contributed by atoms with E-state index in [1.165, 1.54) is 23.5 Å². The topological polar surface area (TPSA) is 12.0 Å². The lowest BCUT2D eigenvalue weighted by molar-refractivity contribution is 0.572. The summed E-state index contributed by atoms with van der Waals surface area (Å²) < 4.78 is 27.3. The van der Waals surface area contributed by atoms with Gasteiger partial charge in [-0.15, -0.1) is 11.3 Å². The molecule has 90 valence electrons. The Morgan fingerprint density at radius 1 is 1.18 bits per heavy atom. The molecule has 2 rings (SSSR count). The first-order valence-corrected chi connectivity index (χ1v) is 6.64. The van der Waals surface area contributed by atoms with Crippen molar-refractivity contribution in [2.24, 2.45) is 0 Å². The minimum absolute atomic E-state index is 0.198. The molecule has 1 unspecified atom stereocenters. The summed E-state index contributed by atoms with van der Waals surface area (Å²) in [5.74, 6) is -1.12. The van der Waals surface area contributed by atoms with Crippen LogP contribution in [0.2, 0.25) is 0 Å². The van der Waals surface area contributed by atoms with Crippen molar-refractivity contribution in [1.29, 1.82) is 0 Å². The van der Waals surface area contributed by atoms with Crippen LogP contribution < -0.4 is 5.32 Å². The molecule has 0 saturated carbocycles. The predicted molar refractivity (Wildman–Crippen MR) is 69.3 cm³/mol. The number of benzene rings is 1. The van der Waals surface area contributed by atoms with Crippen molar-refractivity contribution in [2.75, 3.05) is 7.05 Å². The number of halogens is 3. The minimum atomic E-state index is -0.559. The van der Waals surface area contributed by atoms with Crippen LogP contribution in [-0.2, 0) is 0 Å². The van der Waals surface area contributed by atoms with E-state index in [-0.39, 0.29) is 6.04 Å². The highest BCUT2D eigenvalue weighted by Crippen LogP contribution is 2.30. The number of thiophene rings is 1. The Kier molecular flexibility index (Phi) is 3.91. The molecule has 1 aromatic heterocycles. The zero-order valence-electron chi connectivity index (χ0n) is 9.01. The fraction of sp³-hybridized carbons (Fsp3) is 0.167. The van der Waals surface area contributed by atoms with Gasteiger partial charge in [-0.2, -0.15) is 0 Å². The Morgan fingerprint density at radius 3 is 2.29 bits per heavy atom. The molecule has 1 aromatic carbocycles. The molecule has 5 heteroatoms. The van der Waals surface area contributed by atoms with Crippen molar-refractivity contribution in [3.05, 3.63) is 56.2 Å². The van der Waals surface area contributed by atoms with Gasteiger partial charge in [-0.25, -0.2) is 8.78 Å². The van der Waals surface area contributed by atoms with Crippen LogP contribution in [0.4, 0.5) is 8.78 Å². The van der Waals surface area contributed by atoms with Gasteiger partial charge < -0.3 is 5.32 Å². The highest BCUT2D eigenvalue weighted by Gasteiger charge is 2.15. The molecule has 1 N–H and O–H groups in total. The maximum absolute atomic E-state index is 13.2. The Balaban J connectivity index is 2.41. The minimum Gasteiger partial charge on any atom is -0.309 e. The molecule has 0 aliphatic rings. The Hall–Kier alpha value is -0.780. The number of rotatable bonds is 3. The van der Waals surface area contributed by atoms with E-state index in [2.05, 4.69) is 21.2 Å². The molecular weight excluding hydrogens is 308 g/mol. The molecule has 0 fully saturated rings. The molecule has 17 heavy (non-hydrogen) atoms. The third-order valence-electron chi connectivity index (χ3n) is 2.38. The zero-order chi connectivity index (χ0) is 12.4. The van der Waals surface area contributed by atoms with E-state index in [9.17, 15) is 8.78 Å². The largest absolute Gasteiger partial charge is 0.309 e. The SMILES string of the molecule is CNC(c1cc(F)cc(F)c1)c1cc(Br)cs1. The number of nitrogens with one attached hydrogen (secondary N) is 1. The average molecular weight is 318 g/mol. The van der Waals surface area contributed by atoms with Gasteiger partial charge in [0, 0.05) is 20.8 Å². The molecule has 0 saturated heterocycles. The molecule has 2 aromatic rings. The molecule has 0 spiro atoms. The lowest BCUT2D eigenvalue weighted by Crippen LogP contribution is -2.16. The van der Waals surface area contributed by atoms with E-state index in [1.807, 2.05) is 11.4 Å². The van der Waals surface area contributed by atoms with Gasteiger partial charge in [0.05, 0.1) is 6.04 Å². The summed E-state index contributed by atoms with van der Waals surface area (Å²) in [6, 6.07) is 5.31. The lowest BCUT2D eigenvalue weighted by Gasteiger charge is -2.15. The second-order valence-corrected chi connectivity index (χ2v) is 5.45. The molecule has 1 nitrogen and oxygen atoms in total. The molecule has 1 atom stereocenters. The molecule has 0 radical (unpaired) electrons.